The molecule has 3 N–H and O–H groups in total. The first-order chi connectivity index (χ1) is 15.4. The number of hydrogen-bond acceptors (Lipinski definition) is 6. The van der Waals surface area contributed by atoms with Gasteiger partial charge in [-0.05, 0) is 42.2 Å². The third-order valence-electron chi connectivity index (χ3n) is 4.81. The molecule has 2 aromatic carbocycles. The quantitative estimate of drug-likeness (QED) is 0.327. The van der Waals surface area contributed by atoms with Crippen LogP contribution in [0.4, 0.5) is 0 Å². The lowest BCUT2D eigenvalue weighted by molar-refractivity contribution is -0.124. The second-order valence-electron chi connectivity index (χ2n) is 7.05. The molecule has 7 nitrogen and oxygen atoms in total. The van der Waals surface area contributed by atoms with Crippen LogP contribution in [0.5, 0.6) is 5.75 Å². The van der Waals surface area contributed by atoms with Gasteiger partial charge in [0.05, 0.1) is 10.5 Å². The number of hydrogen-bond donors (Lipinski definition) is 3. The molecule has 3 amide bonds. The highest BCUT2D eigenvalue weighted by Gasteiger charge is 2.31. The smallest absolute Gasteiger partial charge is 0.273 e. The van der Waals surface area contributed by atoms with Crippen molar-refractivity contribution in [3.05, 3.63) is 70.1 Å². The third kappa shape index (κ3) is 5.95. The molecule has 9 heteroatoms. The van der Waals surface area contributed by atoms with Crippen LogP contribution in [-0.2, 0) is 16.0 Å². The first-order valence-corrected chi connectivity index (χ1v) is 11.3. The molecule has 1 saturated heterocycles. The number of aromatic hydroxyl groups is 1. The van der Waals surface area contributed by atoms with Gasteiger partial charge in [0.25, 0.3) is 11.8 Å². The molecule has 0 aliphatic carbocycles. The Morgan fingerprint density at radius 3 is 2.53 bits per heavy atom. The normalized spacial score (nSPS) is 14.7. The minimum absolute atomic E-state index is 0.0569. The lowest BCUT2D eigenvalue weighted by atomic mass is 10.1. The van der Waals surface area contributed by atoms with Crippen molar-refractivity contribution >= 4 is 52.1 Å². The van der Waals surface area contributed by atoms with Crippen molar-refractivity contribution in [3.63, 3.8) is 0 Å². The van der Waals surface area contributed by atoms with Gasteiger partial charge in [-0.25, -0.2) is 0 Å². The van der Waals surface area contributed by atoms with Crippen LogP contribution < -0.4 is 10.9 Å². The summed E-state index contributed by atoms with van der Waals surface area (Å²) in [6, 6.07) is 14.0. The Morgan fingerprint density at radius 1 is 1.12 bits per heavy atom. The van der Waals surface area contributed by atoms with Gasteiger partial charge in [0.1, 0.15) is 10.1 Å². The molecule has 0 saturated carbocycles. The van der Waals surface area contributed by atoms with Gasteiger partial charge in [-0.15, -0.1) is 0 Å². The van der Waals surface area contributed by atoms with E-state index in [1.165, 1.54) is 34.4 Å². The Labute approximate surface area is 195 Å². The summed E-state index contributed by atoms with van der Waals surface area (Å²) in [4.78, 5) is 38.7. The van der Waals surface area contributed by atoms with E-state index in [-0.39, 0.29) is 23.6 Å². The molecular formula is C23H23N3O4S2. The van der Waals surface area contributed by atoms with Crippen LogP contribution in [0.3, 0.4) is 0 Å². The van der Waals surface area contributed by atoms with Crippen LogP contribution in [0, 0.1) is 0 Å². The van der Waals surface area contributed by atoms with E-state index in [4.69, 9.17) is 12.2 Å². The molecule has 0 atom stereocenters. The zero-order valence-corrected chi connectivity index (χ0v) is 19.1. The van der Waals surface area contributed by atoms with Crippen molar-refractivity contribution in [1.29, 1.82) is 0 Å². The standard InChI is InChI=1S/C23H23N3O4S2/c1-2-15-9-11-16(12-10-15)14-19-22(30)26(23(31)32-19)13-5-8-20(28)24-25-21(29)17-6-3-4-7-18(17)27/h3-4,6-7,9-12,14,27H,2,5,8,13H2,1H3,(H,24,28)(H,25,29)/b19-14-. The molecule has 166 valence electrons. The highest BCUT2D eigenvalue weighted by molar-refractivity contribution is 8.26. The van der Waals surface area contributed by atoms with Gasteiger partial charge in [-0.3, -0.25) is 30.1 Å². The Kier molecular flexibility index (Phi) is 8.02. The molecule has 0 radical (unpaired) electrons. The molecular weight excluding hydrogens is 446 g/mol. The fraction of sp³-hybridized carbons (Fsp3) is 0.217. The van der Waals surface area contributed by atoms with Crippen molar-refractivity contribution in [1.82, 2.24) is 15.8 Å². The number of aryl methyl sites for hydroxylation is 1. The summed E-state index contributed by atoms with van der Waals surface area (Å²) in [6.07, 6.45) is 3.24. The average Bonchev–Trinajstić information content (AvgIpc) is 3.05. The maximum Gasteiger partial charge on any atom is 0.273 e. The number of rotatable bonds is 7. The monoisotopic (exact) mass is 469 g/mol. The first-order valence-electron chi connectivity index (χ1n) is 10.1. The fourth-order valence-electron chi connectivity index (χ4n) is 3.01. The number of carbonyl (C=O) groups is 3. The van der Waals surface area contributed by atoms with Crippen molar-refractivity contribution in [2.24, 2.45) is 0 Å². The second-order valence-corrected chi connectivity index (χ2v) is 8.73. The molecule has 0 aromatic heterocycles. The number of thiocarbonyl (C=S) groups is 1. The van der Waals surface area contributed by atoms with Crippen LogP contribution >= 0.6 is 24.0 Å². The van der Waals surface area contributed by atoms with Gasteiger partial charge < -0.3 is 5.11 Å². The van der Waals surface area contributed by atoms with E-state index in [1.54, 1.807) is 12.1 Å². The number of thioether (sulfide) groups is 1. The van der Waals surface area contributed by atoms with Crippen molar-refractivity contribution < 1.29 is 19.5 Å². The molecule has 1 aliphatic heterocycles. The zero-order chi connectivity index (χ0) is 23.1. The van der Waals surface area contributed by atoms with Crippen LogP contribution in [0.15, 0.2) is 53.4 Å². The zero-order valence-electron chi connectivity index (χ0n) is 17.5. The van der Waals surface area contributed by atoms with Crippen LogP contribution in [0.2, 0.25) is 0 Å². The topological polar surface area (TPSA) is 98.7 Å². The summed E-state index contributed by atoms with van der Waals surface area (Å²) in [5.41, 5.74) is 6.78. The molecule has 1 fully saturated rings. The summed E-state index contributed by atoms with van der Waals surface area (Å²) >= 11 is 6.57. The molecule has 3 rings (SSSR count). The van der Waals surface area contributed by atoms with Crippen molar-refractivity contribution in [3.8, 4) is 5.75 Å². The predicted molar refractivity (Wildman–Crippen MR) is 129 cm³/mol. The first kappa shape index (κ1) is 23.5. The molecule has 32 heavy (non-hydrogen) atoms. The lowest BCUT2D eigenvalue weighted by Crippen LogP contribution is -2.42. The summed E-state index contributed by atoms with van der Waals surface area (Å²) in [5.74, 6) is -1.38. The Bertz CT molecular complexity index is 1070. The van der Waals surface area contributed by atoms with Gasteiger partial charge in [0.2, 0.25) is 5.91 Å². The number of nitrogens with one attached hydrogen (secondary N) is 2. The maximum atomic E-state index is 12.7. The highest BCUT2D eigenvalue weighted by atomic mass is 32.2. The van der Waals surface area contributed by atoms with Crippen LogP contribution in [0.1, 0.15) is 41.3 Å². The maximum absolute atomic E-state index is 12.7. The van der Waals surface area contributed by atoms with Crippen LogP contribution in [-0.4, -0.2) is 38.6 Å². The van der Waals surface area contributed by atoms with Crippen molar-refractivity contribution in [2.75, 3.05) is 6.54 Å². The van der Waals surface area contributed by atoms with E-state index in [1.807, 2.05) is 30.3 Å². The molecule has 2 aromatic rings. The molecule has 1 heterocycles. The predicted octanol–water partition coefficient (Wildman–Crippen LogP) is 3.40. The second kappa shape index (κ2) is 10.9. The average molecular weight is 470 g/mol. The summed E-state index contributed by atoms with van der Waals surface area (Å²) in [6.45, 7) is 2.39. The summed E-state index contributed by atoms with van der Waals surface area (Å²) < 4.78 is 0.458. The van der Waals surface area contributed by atoms with E-state index in [2.05, 4.69) is 17.8 Å². The van der Waals surface area contributed by atoms with Gasteiger partial charge in [-0.2, -0.15) is 0 Å². The molecule has 0 unspecified atom stereocenters. The minimum Gasteiger partial charge on any atom is -0.507 e. The number of phenols is 1. The van der Waals surface area contributed by atoms with E-state index >= 15 is 0 Å². The Morgan fingerprint density at radius 2 is 1.84 bits per heavy atom. The highest BCUT2D eigenvalue weighted by Crippen LogP contribution is 2.32. The molecule has 0 bridgehead atoms. The number of carbonyl (C=O) groups excluding carboxylic acids is 3. The van der Waals surface area contributed by atoms with E-state index in [0.717, 1.165) is 12.0 Å². The molecule has 1 aliphatic rings. The number of amides is 3. The van der Waals surface area contributed by atoms with E-state index in [0.29, 0.717) is 22.2 Å². The van der Waals surface area contributed by atoms with Gasteiger partial charge in [0.15, 0.2) is 0 Å². The molecule has 0 spiro atoms. The van der Waals surface area contributed by atoms with Crippen molar-refractivity contribution in [2.45, 2.75) is 26.2 Å². The van der Waals surface area contributed by atoms with E-state index < -0.39 is 11.8 Å². The summed E-state index contributed by atoms with van der Waals surface area (Å²) in [7, 11) is 0. The van der Waals surface area contributed by atoms with Gasteiger partial charge in [-0.1, -0.05) is 67.3 Å². The third-order valence-corrected chi connectivity index (χ3v) is 6.19. The number of benzene rings is 2. The number of para-hydroxylation sites is 1. The van der Waals surface area contributed by atoms with E-state index in [9.17, 15) is 19.5 Å². The summed E-state index contributed by atoms with van der Waals surface area (Å²) in [5, 5.41) is 9.67. The number of phenolic OH excluding ortho intramolecular Hbond substituents is 1. The van der Waals surface area contributed by atoms with Gasteiger partial charge >= 0.3 is 0 Å². The number of nitrogens with zero attached hydrogens (tertiary/aromatic N) is 1. The van der Waals surface area contributed by atoms with Gasteiger partial charge in [0, 0.05) is 13.0 Å². The SMILES string of the molecule is CCc1ccc(/C=C2\SC(=S)N(CCCC(=O)NNC(=O)c3ccccc3O)C2=O)cc1. The number of hydrazine groups is 1. The largest absolute Gasteiger partial charge is 0.507 e. The Hall–Kier alpha value is -3.17. The lowest BCUT2D eigenvalue weighted by Gasteiger charge is -2.14. The fourth-order valence-corrected chi connectivity index (χ4v) is 4.32. The van der Waals surface area contributed by atoms with Crippen LogP contribution in [0.25, 0.3) is 6.08 Å². The Balaban J connectivity index is 1.47. The minimum atomic E-state index is -0.620.